The largest absolute Gasteiger partial charge is 0.497 e. The van der Waals surface area contributed by atoms with Gasteiger partial charge in [0.15, 0.2) is 0 Å². The maximum absolute atomic E-state index is 11.9. The van der Waals surface area contributed by atoms with Crippen LogP contribution < -0.4 is 10.1 Å². The van der Waals surface area contributed by atoms with Crippen LogP contribution in [-0.2, 0) is 17.8 Å². The van der Waals surface area contributed by atoms with Crippen molar-refractivity contribution in [3.63, 3.8) is 0 Å². The molecule has 0 saturated carbocycles. The third-order valence-corrected chi connectivity index (χ3v) is 3.91. The average molecular weight is 326 g/mol. The van der Waals surface area contributed by atoms with Crippen LogP contribution in [0.1, 0.15) is 17.5 Å². The molecule has 4 nitrogen and oxygen atoms in total. The SMILES string of the molecule is COc1ccc(CCNC(=O)CCN(C)Cc2ccccc2)cc1. The van der Waals surface area contributed by atoms with Gasteiger partial charge in [-0.05, 0) is 36.7 Å². The third-order valence-electron chi connectivity index (χ3n) is 3.91. The Morgan fingerprint density at radius 3 is 2.42 bits per heavy atom. The number of hydrogen-bond acceptors (Lipinski definition) is 3. The smallest absolute Gasteiger partial charge is 0.221 e. The van der Waals surface area contributed by atoms with E-state index in [1.807, 2.05) is 49.5 Å². The molecule has 0 bridgehead atoms. The molecule has 4 heteroatoms. The number of benzene rings is 2. The fraction of sp³-hybridized carbons (Fsp3) is 0.350. The highest BCUT2D eigenvalue weighted by molar-refractivity contribution is 5.76. The number of methoxy groups -OCH3 is 1. The summed E-state index contributed by atoms with van der Waals surface area (Å²) in [5, 5.41) is 2.98. The van der Waals surface area contributed by atoms with Crippen molar-refractivity contribution in [1.82, 2.24) is 10.2 Å². The van der Waals surface area contributed by atoms with Gasteiger partial charge in [-0.1, -0.05) is 42.5 Å². The first-order valence-electron chi connectivity index (χ1n) is 8.29. The van der Waals surface area contributed by atoms with Gasteiger partial charge in [0, 0.05) is 26.1 Å². The number of nitrogens with zero attached hydrogens (tertiary/aromatic N) is 1. The fourth-order valence-corrected chi connectivity index (χ4v) is 2.49. The Morgan fingerprint density at radius 2 is 1.75 bits per heavy atom. The van der Waals surface area contributed by atoms with E-state index >= 15 is 0 Å². The molecular formula is C20H26N2O2. The summed E-state index contributed by atoms with van der Waals surface area (Å²) in [6.45, 7) is 2.27. The molecule has 2 rings (SSSR count). The summed E-state index contributed by atoms with van der Waals surface area (Å²) >= 11 is 0. The van der Waals surface area contributed by atoms with Crippen molar-refractivity contribution in [3.05, 3.63) is 65.7 Å². The first-order valence-corrected chi connectivity index (χ1v) is 8.29. The summed E-state index contributed by atoms with van der Waals surface area (Å²) in [4.78, 5) is 14.1. The molecule has 0 radical (unpaired) electrons. The van der Waals surface area contributed by atoms with Gasteiger partial charge in [0.05, 0.1) is 7.11 Å². The van der Waals surface area contributed by atoms with Crippen molar-refractivity contribution in [1.29, 1.82) is 0 Å². The zero-order chi connectivity index (χ0) is 17.2. The topological polar surface area (TPSA) is 41.6 Å². The van der Waals surface area contributed by atoms with Gasteiger partial charge >= 0.3 is 0 Å². The minimum atomic E-state index is 0.100. The van der Waals surface area contributed by atoms with Crippen LogP contribution in [0.5, 0.6) is 5.75 Å². The number of rotatable bonds is 9. The van der Waals surface area contributed by atoms with Crippen LogP contribution in [0.2, 0.25) is 0 Å². The second-order valence-corrected chi connectivity index (χ2v) is 5.92. The van der Waals surface area contributed by atoms with E-state index in [-0.39, 0.29) is 5.91 Å². The Bertz CT molecular complexity index is 611. The molecule has 0 atom stereocenters. The molecule has 0 aliphatic carbocycles. The zero-order valence-corrected chi connectivity index (χ0v) is 14.5. The lowest BCUT2D eigenvalue weighted by Gasteiger charge is -2.16. The van der Waals surface area contributed by atoms with Gasteiger partial charge in [-0.3, -0.25) is 4.79 Å². The molecule has 0 unspecified atom stereocenters. The van der Waals surface area contributed by atoms with Gasteiger partial charge in [-0.15, -0.1) is 0 Å². The fourth-order valence-electron chi connectivity index (χ4n) is 2.49. The summed E-state index contributed by atoms with van der Waals surface area (Å²) in [6, 6.07) is 18.2. The van der Waals surface area contributed by atoms with Crippen molar-refractivity contribution in [2.45, 2.75) is 19.4 Å². The number of nitrogens with one attached hydrogen (secondary N) is 1. The van der Waals surface area contributed by atoms with Crippen LogP contribution >= 0.6 is 0 Å². The lowest BCUT2D eigenvalue weighted by atomic mass is 10.1. The van der Waals surface area contributed by atoms with Crippen molar-refractivity contribution in [3.8, 4) is 5.75 Å². The molecule has 0 heterocycles. The molecular weight excluding hydrogens is 300 g/mol. The van der Waals surface area contributed by atoms with E-state index in [9.17, 15) is 4.79 Å². The van der Waals surface area contributed by atoms with E-state index < -0.39 is 0 Å². The highest BCUT2D eigenvalue weighted by Crippen LogP contribution is 2.11. The second kappa shape index (κ2) is 9.73. The van der Waals surface area contributed by atoms with Gasteiger partial charge < -0.3 is 15.0 Å². The summed E-state index contributed by atoms with van der Waals surface area (Å²) < 4.78 is 5.13. The number of amides is 1. The molecule has 1 amide bonds. The zero-order valence-electron chi connectivity index (χ0n) is 14.5. The molecule has 0 aliphatic rings. The summed E-state index contributed by atoms with van der Waals surface area (Å²) in [5.74, 6) is 0.952. The molecule has 0 saturated heterocycles. The summed E-state index contributed by atoms with van der Waals surface area (Å²) in [7, 11) is 3.70. The monoisotopic (exact) mass is 326 g/mol. The van der Waals surface area contributed by atoms with Crippen molar-refractivity contribution >= 4 is 5.91 Å². The molecule has 128 valence electrons. The second-order valence-electron chi connectivity index (χ2n) is 5.92. The summed E-state index contributed by atoms with van der Waals surface area (Å²) in [5.41, 5.74) is 2.46. The minimum Gasteiger partial charge on any atom is -0.497 e. The van der Waals surface area contributed by atoms with Crippen LogP contribution in [0.4, 0.5) is 0 Å². The van der Waals surface area contributed by atoms with Gasteiger partial charge in [0.2, 0.25) is 5.91 Å². The molecule has 1 N–H and O–H groups in total. The normalized spacial score (nSPS) is 10.6. The Hall–Kier alpha value is -2.33. The van der Waals surface area contributed by atoms with E-state index in [1.54, 1.807) is 7.11 Å². The Labute approximate surface area is 144 Å². The maximum Gasteiger partial charge on any atom is 0.221 e. The van der Waals surface area contributed by atoms with Gasteiger partial charge in [0.1, 0.15) is 5.75 Å². The Morgan fingerprint density at radius 1 is 1.04 bits per heavy atom. The number of hydrogen-bond donors (Lipinski definition) is 1. The van der Waals surface area contributed by atoms with Crippen molar-refractivity contribution in [2.75, 3.05) is 27.2 Å². The standard InChI is InChI=1S/C20H26N2O2/c1-22(16-18-6-4-3-5-7-18)15-13-20(23)21-14-12-17-8-10-19(24-2)11-9-17/h3-11H,12-16H2,1-2H3,(H,21,23). The molecule has 0 spiro atoms. The van der Waals surface area contributed by atoms with Gasteiger partial charge in [0.25, 0.3) is 0 Å². The first kappa shape index (κ1) is 18.0. The van der Waals surface area contributed by atoms with Crippen LogP contribution in [0.15, 0.2) is 54.6 Å². The molecule has 2 aromatic rings. The van der Waals surface area contributed by atoms with Crippen molar-refractivity contribution < 1.29 is 9.53 Å². The molecule has 24 heavy (non-hydrogen) atoms. The van der Waals surface area contributed by atoms with Crippen molar-refractivity contribution in [2.24, 2.45) is 0 Å². The van der Waals surface area contributed by atoms with E-state index in [1.165, 1.54) is 11.1 Å². The highest BCUT2D eigenvalue weighted by Gasteiger charge is 2.05. The van der Waals surface area contributed by atoms with Crippen LogP contribution in [0, 0.1) is 0 Å². The van der Waals surface area contributed by atoms with Gasteiger partial charge in [-0.25, -0.2) is 0 Å². The summed E-state index contributed by atoms with van der Waals surface area (Å²) in [6.07, 6.45) is 1.35. The van der Waals surface area contributed by atoms with Crippen LogP contribution in [0.25, 0.3) is 0 Å². The van der Waals surface area contributed by atoms with E-state index in [0.717, 1.165) is 25.3 Å². The predicted octanol–water partition coefficient (Wildman–Crippen LogP) is 2.88. The Balaban J connectivity index is 1.62. The number of carbonyl (C=O) groups is 1. The lowest BCUT2D eigenvalue weighted by molar-refractivity contribution is -0.121. The van der Waals surface area contributed by atoms with Crippen LogP contribution in [0.3, 0.4) is 0 Å². The average Bonchev–Trinajstić information content (AvgIpc) is 2.61. The number of carbonyl (C=O) groups excluding carboxylic acids is 1. The van der Waals surface area contributed by atoms with Crippen LogP contribution in [-0.4, -0.2) is 38.1 Å². The van der Waals surface area contributed by atoms with E-state index in [0.29, 0.717) is 13.0 Å². The molecule has 0 aliphatic heterocycles. The predicted molar refractivity (Wildman–Crippen MR) is 97.1 cm³/mol. The maximum atomic E-state index is 11.9. The first-order chi connectivity index (χ1) is 11.7. The molecule has 0 aromatic heterocycles. The third kappa shape index (κ3) is 6.42. The molecule has 0 fully saturated rings. The minimum absolute atomic E-state index is 0.100. The lowest BCUT2D eigenvalue weighted by Crippen LogP contribution is -2.30. The molecule has 2 aromatic carbocycles. The number of ether oxygens (including phenoxy) is 1. The van der Waals surface area contributed by atoms with E-state index in [2.05, 4.69) is 22.3 Å². The van der Waals surface area contributed by atoms with E-state index in [4.69, 9.17) is 4.74 Å². The highest BCUT2D eigenvalue weighted by atomic mass is 16.5. The Kier molecular flexibility index (Phi) is 7.30. The quantitative estimate of drug-likeness (QED) is 0.770. The van der Waals surface area contributed by atoms with Gasteiger partial charge in [-0.2, -0.15) is 0 Å².